The van der Waals surface area contributed by atoms with E-state index in [1.54, 1.807) is 12.4 Å². The molecule has 0 atom stereocenters. The van der Waals surface area contributed by atoms with Gasteiger partial charge >= 0.3 is 6.03 Å². The molecule has 1 aliphatic heterocycles. The van der Waals surface area contributed by atoms with Crippen molar-refractivity contribution < 1.29 is 9.53 Å². The lowest BCUT2D eigenvalue weighted by Crippen LogP contribution is -2.39. The molecule has 1 aromatic carbocycles. The number of carbonyl (C=O) groups excluding carboxylic acids is 1. The Morgan fingerprint density at radius 3 is 2.76 bits per heavy atom. The van der Waals surface area contributed by atoms with Crippen molar-refractivity contribution in [2.75, 3.05) is 25.0 Å². The molecular formula is C24H29N3O2. The monoisotopic (exact) mass is 391 g/mol. The first kappa shape index (κ1) is 19.5. The van der Waals surface area contributed by atoms with Crippen LogP contribution in [0.25, 0.3) is 6.08 Å². The molecule has 1 saturated heterocycles. The van der Waals surface area contributed by atoms with Gasteiger partial charge in [0.25, 0.3) is 0 Å². The van der Waals surface area contributed by atoms with E-state index in [2.05, 4.69) is 34.6 Å². The summed E-state index contributed by atoms with van der Waals surface area (Å²) in [6.45, 7) is 2.30. The van der Waals surface area contributed by atoms with Gasteiger partial charge in [-0.15, -0.1) is 0 Å². The maximum Gasteiger partial charge on any atom is 0.321 e. The van der Waals surface area contributed by atoms with Crippen molar-refractivity contribution in [3.05, 3.63) is 59.9 Å². The maximum absolute atomic E-state index is 12.4. The molecule has 0 unspecified atom stereocenters. The SMILES string of the molecule is O=C(Nc1cccnc1)N1CCC(=Cc2cccc(OCC3CCCC3)c2)CC1. The highest BCUT2D eigenvalue weighted by molar-refractivity contribution is 5.89. The largest absolute Gasteiger partial charge is 0.493 e. The molecule has 2 heterocycles. The minimum atomic E-state index is -0.0561. The predicted octanol–water partition coefficient (Wildman–Crippen LogP) is 5.36. The first-order valence-electron chi connectivity index (χ1n) is 10.6. The lowest BCUT2D eigenvalue weighted by Gasteiger charge is -2.28. The number of piperidine rings is 1. The van der Waals surface area contributed by atoms with E-state index in [1.165, 1.54) is 36.8 Å². The molecule has 152 valence electrons. The highest BCUT2D eigenvalue weighted by atomic mass is 16.5. The summed E-state index contributed by atoms with van der Waals surface area (Å²) in [5.41, 5.74) is 3.29. The Hall–Kier alpha value is -2.82. The molecule has 1 N–H and O–H groups in total. The van der Waals surface area contributed by atoms with E-state index < -0.39 is 0 Å². The number of rotatable bonds is 5. The number of nitrogens with one attached hydrogen (secondary N) is 1. The molecule has 5 heteroatoms. The number of ether oxygens (including phenoxy) is 1. The number of likely N-dealkylation sites (tertiary alicyclic amines) is 1. The lowest BCUT2D eigenvalue weighted by molar-refractivity contribution is 0.208. The fourth-order valence-electron chi connectivity index (χ4n) is 4.10. The molecule has 2 amide bonds. The van der Waals surface area contributed by atoms with Crippen LogP contribution in [0, 0.1) is 5.92 Å². The van der Waals surface area contributed by atoms with E-state index in [-0.39, 0.29) is 6.03 Å². The minimum Gasteiger partial charge on any atom is -0.493 e. The summed E-state index contributed by atoms with van der Waals surface area (Å²) >= 11 is 0. The van der Waals surface area contributed by atoms with Gasteiger partial charge in [0.15, 0.2) is 0 Å². The first-order valence-corrected chi connectivity index (χ1v) is 10.6. The van der Waals surface area contributed by atoms with E-state index in [0.717, 1.165) is 49.9 Å². The molecule has 1 aliphatic carbocycles. The fraction of sp³-hybridized carbons (Fsp3) is 0.417. The van der Waals surface area contributed by atoms with Crippen LogP contribution in [0.15, 0.2) is 54.4 Å². The van der Waals surface area contributed by atoms with Crippen molar-refractivity contribution in [1.29, 1.82) is 0 Å². The second-order valence-corrected chi connectivity index (χ2v) is 8.00. The Morgan fingerprint density at radius 2 is 2.00 bits per heavy atom. The fourth-order valence-corrected chi connectivity index (χ4v) is 4.10. The Bertz CT molecular complexity index is 834. The van der Waals surface area contributed by atoms with Crippen LogP contribution in [-0.2, 0) is 0 Å². The number of amides is 2. The Kier molecular flexibility index (Phi) is 6.45. The summed E-state index contributed by atoms with van der Waals surface area (Å²) in [4.78, 5) is 18.3. The standard InChI is InChI=1S/C24H29N3O2/c28-24(26-22-8-4-12-25-17-22)27-13-10-19(11-14-27)15-21-7-3-9-23(16-21)29-18-20-5-1-2-6-20/h3-4,7-9,12,15-17,20H,1-2,5-6,10-11,13-14,18H2,(H,26,28). The first-order chi connectivity index (χ1) is 14.3. The molecule has 2 aliphatic rings. The number of carbonyl (C=O) groups is 1. The average Bonchev–Trinajstić information content (AvgIpc) is 3.28. The van der Waals surface area contributed by atoms with Crippen molar-refractivity contribution in [3.63, 3.8) is 0 Å². The topological polar surface area (TPSA) is 54.5 Å². The van der Waals surface area contributed by atoms with Gasteiger partial charge in [0, 0.05) is 19.3 Å². The van der Waals surface area contributed by atoms with Crippen LogP contribution in [0.2, 0.25) is 0 Å². The number of hydrogen-bond acceptors (Lipinski definition) is 3. The second-order valence-electron chi connectivity index (χ2n) is 8.00. The van der Waals surface area contributed by atoms with Gasteiger partial charge in [0.2, 0.25) is 0 Å². The van der Waals surface area contributed by atoms with Crippen LogP contribution in [0.1, 0.15) is 44.1 Å². The molecule has 0 spiro atoms. The number of anilines is 1. The molecular weight excluding hydrogens is 362 g/mol. The molecule has 29 heavy (non-hydrogen) atoms. The van der Waals surface area contributed by atoms with Crippen LogP contribution in [-0.4, -0.2) is 35.6 Å². The molecule has 4 rings (SSSR count). The normalized spacial score (nSPS) is 17.2. The summed E-state index contributed by atoms with van der Waals surface area (Å²) in [7, 11) is 0. The third kappa shape index (κ3) is 5.59. The zero-order chi connectivity index (χ0) is 19.9. The zero-order valence-electron chi connectivity index (χ0n) is 16.8. The molecule has 5 nitrogen and oxygen atoms in total. The number of pyridine rings is 1. The van der Waals surface area contributed by atoms with Gasteiger partial charge in [-0.25, -0.2) is 4.79 Å². The van der Waals surface area contributed by atoms with E-state index in [4.69, 9.17) is 4.74 Å². The van der Waals surface area contributed by atoms with E-state index in [0.29, 0.717) is 0 Å². The average molecular weight is 392 g/mol. The summed E-state index contributed by atoms with van der Waals surface area (Å²) in [6, 6.07) is 12.0. The van der Waals surface area contributed by atoms with Gasteiger partial charge in [-0.05, 0) is 61.4 Å². The van der Waals surface area contributed by atoms with Crippen molar-refractivity contribution in [2.45, 2.75) is 38.5 Å². The number of nitrogens with zero attached hydrogens (tertiary/aromatic N) is 2. The molecule has 1 aromatic heterocycles. The van der Waals surface area contributed by atoms with Crippen LogP contribution in [0.5, 0.6) is 5.75 Å². The van der Waals surface area contributed by atoms with Crippen molar-refractivity contribution in [2.24, 2.45) is 5.92 Å². The minimum absolute atomic E-state index is 0.0561. The van der Waals surface area contributed by atoms with Gasteiger partial charge in [-0.2, -0.15) is 0 Å². The highest BCUT2D eigenvalue weighted by Gasteiger charge is 2.19. The van der Waals surface area contributed by atoms with Gasteiger partial charge in [-0.3, -0.25) is 4.98 Å². The van der Waals surface area contributed by atoms with Crippen LogP contribution >= 0.6 is 0 Å². The number of urea groups is 1. The zero-order valence-corrected chi connectivity index (χ0v) is 16.8. The van der Waals surface area contributed by atoms with Gasteiger partial charge < -0.3 is 15.0 Å². The molecule has 0 bridgehead atoms. The maximum atomic E-state index is 12.4. The van der Waals surface area contributed by atoms with E-state index >= 15 is 0 Å². The van der Waals surface area contributed by atoms with Crippen LogP contribution in [0.4, 0.5) is 10.5 Å². The van der Waals surface area contributed by atoms with Gasteiger partial charge in [0.05, 0.1) is 18.5 Å². The molecule has 2 aromatic rings. The van der Waals surface area contributed by atoms with Gasteiger partial charge in [-0.1, -0.05) is 36.6 Å². The summed E-state index contributed by atoms with van der Waals surface area (Å²) in [6.07, 6.45) is 12.7. The van der Waals surface area contributed by atoms with Crippen molar-refractivity contribution >= 4 is 17.8 Å². The predicted molar refractivity (Wildman–Crippen MR) is 116 cm³/mol. The summed E-state index contributed by atoms with van der Waals surface area (Å²) in [5.74, 6) is 1.68. The van der Waals surface area contributed by atoms with E-state index in [9.17, 15) is 4.79 Å². The molecule has 2 fully saturated rings. The summed E-state index contributed by atoms with van der Waals surface area (Å²) in [5, 5.41) is 2.91. The number of hydrogen-bond donors (Lipinski definition) is 1. The number of aromatic nitrogens is 1. The van der Waals surface area contributed by atoms with Crippen molar-refractivity contribution in [1.82, 2.24) is 9.88 Å². The molecule has 0 radical (unpaired) electrons. The Morgan fingerprint density at radius 1 is 1.17 bits per heavy atom. The third-order valence-electron chi connectivity index (χ3n) is 5.80. The van der Waals surface area contributed by atoms with E-state index in [1.807, 2.05) is 23.1 Å². The van der Waals surface area contributed by atoms with Crippen molar-refractivity contribution in [3.8, 4) is 5.75 Å². The quantitative estimate of drug-likeness (QED) is 0.746. The van der Waals surface area contributed by atoms with Gasteiger partial charge in [0.1, 0.15) is 5.75 Å². The number of benzene rings is 1. The third-order valence-corrected chi connectivity index (χ3v) is 5.80. The Balaban J connectivity index is 1.29. The smallest absolute Gasteiger partial charge is 0.321 e. The molecule has 1 saturated carbocycles. The van der Waals surface area contributed by atoms with Crippen LogP contribution < -0.4 is 10.1 Å². The Labute approximate surface area is 172 Å². The van der Waals surface area contributed by atoms with Crippen LogP contribution in [0.3, 0.4) is 0 Å². The second kappa shape index (κ2) is 9.59. The summed E-state index contributed by atoms with van der Waals surface area (Å²) < 4.78 is 6.03. The highest BCUT2D eigenvalue weighted by Crippen LogP contribution is 2.26. The lowest BCUT2D eigenvalue weighted by atomic mass is 10.0.